The maximum Gasteiger partial charge on any atom is 0.306 e. The summed E-state index contributed by atoms with van der Waals surface area (Å²) in [5.74, 6) is 1.41. The number of ether oxygens (including phenoxy) is 2. The van der Waals surface area contributed by atoms with Crippen LogP contribution in [0.25, 0.3) is 0 Å². The van der Waals surface area contributed by atoms with Gasteiger partial charge in [-0.15, -0.1) is 0 Å². The zero-order chi connectivity index (χ0) is 13.0. The van der Waals surface area contributed by atoms with Crippen molar-refractivity contribution >= 4 is 18.6 Å². The average molecular weight is 266 g/mol. The van der Waals surface area contributed by atoms with Gasteiger partial charge in [-0.1, -0.05) is 12.1 Å². The Balaban J connectivity index is 1.81. The number of hydrogen-bond donors (Lipinski definition) is 1. The first-order valence-corrected chi connectivity index (χ1v) is 6.70. The van der Waals surface area contributed by atoms with Gasteiger partial charge in [0.1, 0.15) is 12.4 Å². The van der Waals surface area contributed by atoms with Crippen LogP contribution in [0.3, 0.4) is 0 Å². The monoisotopic (exact) mass is 266 g/mol. The minimum Gasteiger partial charge on any atom is -0.497 e. The third-order valence-electron chi connectivity index (χ3n) is 3.35. The van der Waals surface area contributed by atoms with Crippen molar-refractivity contribution in [2.75, 3.05) is 12.9 Å². The Bertz CT molecular complexity index is 427. The van der Waals surface area contributed by atoms with Crippen LogP contribution in [0.5, 0.6) is 5.75 Å². The van der Waals surface area contributed by atoms with Gasteiger partial charge in [-0.2, -0.15) is 12.6 Å². The molecule has 0 aromatic heterocycles. The molecule has 0 spiro atoms. The van der Waals surface area contributed by atoms with Crippen LogP contribution in [0.15, 0.2) is 24.3 Å². The van der Waals surface area contributed by atoms with Gasteiger partial charge < -0.3 is 9.47 Å². The van der Waals surface area contributed by atoms with E-state index in [0.29, 0.717) is 13.0 Å². The molecule has 0 N–H and O–H groups in total. The van der Waals surface area contributed by atoms with Gasteiger partial charge in [0, 0.05) is 0 Å². The smallest absolute Gasteiger partial charge is 0.306 e. The largest absolute Gasteiger partial charge is 0.497 e. The normalized spacial score (nSPS) is 16.1. The predicted octanol–water partition coefficient (Wildman–Crippen LogP) is 2.84. The van der Waals surface area contributed by atoms with E-state index in [1.807, 2.05) is 24.3 Å². The Morgan fingerprint density at radius 1 is 1.44 bits per heavy atom. The fourth-order valence-corrected chi connectivity index (χ4v) is 2.28. The molecule has 1 aromatic rings. The average Bonchev–Trinajstić information content (AvgIpc) is 3.17. The van der Waals surface area contributed by atoms with Gasteiger partial charge >= 0.3 is 5.97 Å². The minimum atomic E-state index is -0.135. The Hall–Kier alpha value is -1.16. The molecule has 3 nitrogen and oxygen atoms in total. The quantitative estimate of drug-likeness (QED) is 0.635. The molecule has 1 aromatic carbocycles. The highest BCUT2D eigenvalue weighted by Crippen LogP contribution is 2.49. The SMILES string of the molecule is COc1cccc(COC(=O)CC2(CS)CC2)c1. The summed E-state index contributed by atoms with van der Waals surface area (Å²) >= 11 is 4.28. The van der Waals surface area contributed by atoms with Crippen molar-refractivity contribution in [1.82, 2.24) is 0 Å². The van der Waals surface area contributed by atoms with Crippen molar-refractivity contribution in [3.8, 4) is 5.75 Å². The first-order valence-electron chi connectivity index (χ1n) is 6.07. The third-order valence-corrected chi connectivity index (χ3v) is 4.02. The standard InChI is InChI=1S/C14H18O3S/c1-16-12-4-2-3-11(7-12)9-17-13(15)8-14(10-18)5-6-14/h2-4,7,18H,5-6,8-10H2,1H3. The van der Waals surface area contributed by atoms with E-state index in [0.717, 1.165) is 29.9 Å². The fraction of sp³-hybridized carbons (Fsp3) is 0.500. The number of carbonyl (C=O) groups excluding carboxylic acids is 1. The summed E-state index contributed by atoms with van der Waals surface area (Å²) in [7, 11) is 1.62. The van der Waals surface area contributed by atoms with E-state index in [-0.39, 0.29) is 11.4 Å². The molecular formula is C14H18O3S. The van der Waals surface area contributed by atoms with Crippen LogP contribution in [-0.4, -0.2) is 18.8 Å². The van der Waals surface area contributed by atoms with E-state index in [4.69, 9.17) is 9.47 Å². The van der Waals surface area contributed by atoms with Crippen molar-refractivity contribution in [2.45, 2.75) is 25.9 Å². The molecular weight excluding hydrogens is 248 g/mol. The number of methoxy groups -OCH3 is 1. The van der Waals surface area contributed by atoms with Gasteiger partial charge in [0.25, 0.3) is 0 Å². The summed E-state index contributed by atoms with van der Waals surface area (Å²) in [6.07, 6.45) is 2.66. The summed E-state index contributed by atoms with van der Waals surface area (Å²) in [6, 6.07) is 7.55. The molecule has 98 valence electrons. The molecule has 0 heterocycles. The highest BCUT2D eigenvalue weighted by atomic mass is 32.1. The highest BCUT2D eigenvalue weighted by Gasteiger charge is 2.43. The lowest BCUT2D eigenvalue weighted by Gasteiger charge is -2.11. The minimum absolute atomic E-state index is 0.120. The molecule has 0 saturated heterocycles. The molecule has 1 saturated carbocycles. The van der Waals surface area contributed by atoms with Crippen molar-refractivity contribution in [3.05, 3.63) is 29.8 Å². The number of thiol groups is 1. The Labute approximate surface area is 113 Å². The number of benzene rings is 1. The second kappa shape index (κ2) is 5.65. The van der Waals surface area contributed by atoms with E-state index in [9.17, 15) is 4.79 Å². The summed E-state index contributed by atoms with van der Waals surface area (Å²) in [4.78, 5) is 11.7. The van der Waals surface area contributed by atoms with Crippen LogP contribution in [0.1, 0.15) is 24.8 Å². The number of hydrogen-bond acceptors (Lipinski definition) is 4. The topological polar surface area (TPSA) is 35.5 Å². The summed E-state index contributed by atoms with van der Waals surface area (Å²) in [5, 5.41) is 0. The molecule has 18 heavy (non-hydrogen) atoms. The first-order chi connectivity index (χ1) is 8.67. The van der Waals surface area contributed by atoms with Gasteiger partial charge in [-0.25, -0.2) is 0 Å². The van der Waals surface area contributed by atoms with Gasteiger partial charge in [0.15, 0.2) is 0 Å². The molecule has 0 unspecified atom stereocenters. The van der Waals surface area contributed by atoms with Crippen LogP contribution in [0.2, 0.25) is 0 Å². The van der Waals surface area contributed by atoms with Crippen molar-refractivity contribution in [1.29, 1.82) is 0 Å². The van der Waals surface area contributed by atoms with Gasteiger partial charge in [-0.05, 0) is 41.7 Å². The lowest BCUT2D eigenvalue weighted by Crippen LogP contribution is -2.13. The first kappa shape index (κ1) is 13.3. The van der Waals surface area contributed by atoms with Crippen LogP contribution in [0.4, 0.5) is 0 Å². The number of rotatable bonds is 6. The highest BCUT2D eigenvalue weighted by molar-refractivity contribution is 7.80. The van der Waals surface area contributed by atoms with Crippen molar-refractivity contribution in [2.24, 2.45) is 5.41 Å². The number of carbonyl (C=O) groups is 1. The van der Waals surface area contributed by atoms with Crippen LogP contribution < -0.4 is 4.74 Å². The van der Waals surface area contributed by atoms with Gasteiger partial charge in [0.2, 0.25) is 0 Å². The molecule has 0 radical (unpaired) electrons. The van der Waals surface area contributed by atoms with Crippen LogP contribution in [0, 0.1) is 5.41 Å². The molecule has 2 rings (SSSR count). The Morgan fingerprint density at radius 2 is 2.22 bits per heavy atom. The fourth-order valence-electron chi connectivity index (χ4n) is 1.85. The van der Waals surface area contributed by atoms with Gasteiger partial charge in [-0.3, -0.25) is 4.79 Å². The molecule has 0 amide bonds. The van der Waals surface area contributed by atoms with E-state index < -0.39 is 0 Å². The molecule has 0 atom stereocenters. The molecule has 0 bridgehead atoms. The predicted molar refractivity (Wildman–Crippen MR) is 72.9 cm³/mol. The second-order valence-electron chi connectivity index (χ2n) is 4.85. The van der Waals surface area contributed by atoms with E-state index in [1.165, 1.54) is 0 Å². The molecule has 1 fully saturated rings. The summed E-state index contributed by atoms with van der Waals surface area (Å²) in [5.41, 5.74) is 1.06. The second-order valence-corrected chi connectivity index (χ2v) is 5.16. The molecule has 0 aliphatic heterocycles. The summed E-state index contributed by atoms with van der Waals surface area (Å²) < 4.78 is 10.4. The van der Waals surface area contributed by atoms with Crippen LogP contribution >= 0.6 is 12.6 Å². The van der Waals surface area contributed by atoms with E-state index in [2.05, 4.69) is 12.6 Å². The van der Waals surface area contributed by atoms with Crippen LogP contribution in [-0.2, 0) is 16.1 Å². The maximum atomic E-state index is 11.7. The lowest BCUT2D eigenvalue weighted by molar-refractivity contribution is -0.146. The molecule has 1 aliphatic rings. The molecule has 4 heteroatoms. The van der Waals surface area contributed by atoms with Crippen molar-refractivity contribution < 1.29 is 14.3 Å². The maximum absolute atomic E-state index is 11.7. The lowest BCUT2D eigenvalue weighted by atomic mass is 10.1. The molecule has 1 aliphatic carbocycles. The van der Waals surface area contributed by atoms with Gasteiger partial charge in [0.05, 0.1) is 13.5 Å². The van der Waals surface area contributed by atoms with E-state index >= 15 is 0 Å². The Kier molecular flexibility index (Phi) is 4.17. The zero-order valence-electron chi connectivity index (χ0n) is 10.5. The third kappa shape index (κ3) is 3.42. The summed E-state index contributed by atoms with van der Waals surface area (Å²) in [6.45, 7) is 0.304. The number of esters is 1. The van der Waals surface area contributed by atoms with E-state index in [1.54, 1.807) is 7.11 Å². The van der Waals surface area contributed by atoms with Crippen molar-refractivity contribution in [3.63, 3.8) is 0 Å². The zero-order valence-corrected chi connectivity index (χ0v) is 11.4. The Morgan fingerprint density at radius 3 is 2.83 bits per heavy atom.